The Balaban J connectivity index is 1.94. The number of hydrogen-bond donors (Lipinski definition) is 2. The molecule has 0 heterocycles. The van der Waals surface area contributed by atoms with Crippen LogP contribution in [0.3, 0.4) is 0 Å². The van der Waals surface area contributed by atoms with E-state index in [0.717, 1.165) is 0 Å². The van der Waals surface area contributed by atoms with Gasteiger partial charge in [0.25, 0.3) is 0 Å². The van der Waals surface area contributed by atoms with Crippen LogP contribution in [0.5, 0.6) is 11.5 Å². The fourth-order valence-corrected chi connectivity index (χ4v) is 2.02. The van der Waals surface area contributed by atoms with Gasteiger partial charge in [0.1, 0.15) is 11.5 Å². The van der Waals surface area contributed by atoms with Crippen LogP contribution in [0.25, 0.3) is 0 Å². The predicted molar refractivity (Wildman–Crippen MR) is 82.7 cm³/mol. The van der Waals surface area contributed by atoms with E-state index < -0.39 is 16.5 Å². The second kappa shape index (κ2) is 6.97. The number of anilines is 2. The Morgan fingerprint density at radius 2 is 1.35 bits per heavy atom. The minimum atomic E-state index is -5.07. The van der Waals surface area contributed by atoms with Gasteiger partial charge in [0, 0.05) is 11.4 Å². The van der Waals surface area contributed by atoms with Gasteiger partial charge in [-0.15, -0.1) is 0 Å². The summed E-state index contributed by atoms with van der Waals surface area (Å²) in [6.45, 7) is 0. The number of carbonyl (C=O) groups is 1. The van der Waals surface area contributed by atoms with Gasteiger partial charge >= 0.3 is 16.5 Å². The second-order valence-electron chi connectivity index (χ2n) is 4.31. The van der Waals surface area contributed by atoms with Crippen molar-refractivity contribution in [1.82, 2.24) is 0 Å². The van der Waals surface area contributed by atoms with Crippen LogP contribution in [0.4, 0.5) is 20.1 Å². The van der Waals surface area contributed by atoms with Gasteiger partial charge in [-0.05, 0) is 48.5 Å². The minimum absolute atomic E-state index is 0.200. The molecule has 0 saturated heterocycles. The minimum Gasteiger partial charge on any atom is -0.497 e. The first-order valence-electron chi connectivity index (χ1n) is 6.32. The number of urea groups is 1. The Kier molecular flexibility index (Phi) is 5.02. The third kappa shape index (κ3) is 5.47. The number of nitrogens with one attached hydrogen (secondary N) is 2. The number of amides is 2. The fraction of sp³-hybridized carbons (Fsp3) is 0.0714. The molecular weight excluding hydrogens is 327 g/mol. The Hall–Kier alpha value is -2.81. The summed E-state index contributed by atoms with van der Waals surface area (Å²) in [4.78, 5) is 11.8. The zero-order chi connectivity index (χ0) is 16.9. The molecule has 0 radical (unpaired) electrons. The van der Waals surface area contributed by atoms with Crippen LogP contribution in [0.1, 0.15) is 0 Å². The van der Waals surface area contributed by atoms with Crippen LogP contribution in [0.2, 0.25) is 0 Å². The van der Waals surface area contributed by atoms with E-state index in [-0.39, 0.29) is 5.75 Å². The second-order valence-corrected chi connectivity index (χ2v) is 5.26. The quantitative estimate of drug-likeness (QED) is 0.816. The van der Waals surface area contributed by atoms with Gasteiger partial charge in [0.2, 0.25) is 0 Å². The Morgan fingerprint density at radius 3 is 1.74 bits per heavy atom. The maximum atomic E-state index is 12.3. The largest absolute Gasteiger partial charge is 0.497 e. The standard InChI is InChI=1S/C14H13FN2O5S/c1-21-12-6-2-10(3-7-12)16-14(18)17-11-4-8-13(9-5-11)22-23(15,19)20/h2-9H,1H3,(H2,16,17,18). The van der Waals surface area contributed by atoms with Crippen LogP contribution in [0, 0.1) is 0 Å². The third-order valence-electron chi connectivity index (χ3n) is 2.66. The molecule has 0 atom stereocenters. The molecular formula is C14H13FN2O5S. The van der Waals surface area contributed by atoms with Crippen LogP contribution >= 0.6 is 0 Å². The smallest absolute Gasteiger partial charge is 0.488 e. The topological polar surface area (TPSA) is 93.7 Å². The molecule has 0 bridgehead atoms. The van der Waals surface area contributed by atoms with Gasteiger partial charge in [-0.3, -0.25) is 0 Å². The summed E-state index contributed by atoms with van der Waals surface area (Å²) >= 11 is 0. The average molecular weight is 340 g/mol. The molecule has 0 saturated carbocycles. The van der Waals surface area contributed by atoms with E-state index in [1.165, 1.54) is 31.4 Å². The van der Waals surface area contributed by atoms with Crippen molar-refractivity contribution in [1.29, 1.82) is 0 Å². The molecule has 2 aromatic carbocycles. The van der Waals surface area contributed by atoms with Gasteiger partial charge in [0.15, 0.2) is 0 Å². The molecule has 0 unspecified atom stereocenters. The van der Waals surface area contributed by atoms with Crippen LogP contribution in [-0.2, 0) is 10.5 Å². The van der Waals surface area contributed by atoms with Crippen molar-refractivity contribution in [3.8, 4) is 11.5 Å². The predicted octanol–water partition coefficient (Wildman–Crippen LogP) is 2.93. The first-order chi connectivity index (χ1) is 10.9. The molecule has 122 valence electrons. The van der Waals surface area contributed by atoms with E-state index in [0.29, 0.717) is 17.1 Å². The molecule has 2 amide bonds. The maximum absolute atomic E-state index is 12.3. The summed E-state index contributed by atoms with van der Waals surface area (Å²) in [5.74, 6) is 0.461. The summed E-state index contributed by atoms with van der Waals surface area (Å²) in [7, 11) is -3.53. The number of hydrogen-bond acceptors (Lipinski definition) is 5. The molecule has 2 rings (SSSR count). The van der Waals surface area contributed by atoms with E-state index in [1.807, 2.05) is 0 Å². The number of carbonyl (C=O) groups excluding carboxylic acids is 1. The molecule has 0 aliphatic carbocycles. The summed E-state index contributed by atoms with van der Waals surface area (Å²) in [5, 5.41) is 5.13. The van der Waals surface area contributed by atoms with E-state index >= 15 is 0 Å². The van der Waals surface area contributed by atoms with Gasteiger partial charge < -0.3 is 19.6 Å². The lowest BCUT2D eigenvalue weighted by Gasteiger charge is -2.08. The van der Waals surface area contributed by atoms with Gasteiger partial charge in [-0.25, -0.2) is 4.79 Å². The van der Waals surface area contributed by atoms with Crippen molar-refractivity contribution >= 4 is 27.9 Å². The van der Waals surface area contributed by atoms with E-state index in [4.69, 9.17) is 4.74 Å². The molecule has 0 aliphatic rings. The molecule has 7 nitrogen and oxygen atoms in total. The zero-order valence-electron chi connectivity index (χ0n) is 11.9. The fourth-order valence-electron chi connectivity index (χ4n) is 1.68. The highest BCUT2D eigenvalue weighted by Gasteiger charge is 2.09. The lowest BCUT2D eigenvalue weighted by molar-refractivity contribution is 0.262. The molecule has 0 aliphatic heterocycles. The monoisotopic (exact) mass is 340 g/mol. The normalized spacial score (nSPS) is 10.7. The van der Waals surface area contributed by atoms with E-state index in [2.05, 4.69) is 14.8 Å². The van der Waals surface area contributed by atoms with Crippen LogP contribution in [0.15, 0.2) is 48.5 Å². The molecule has 0 aromatic heterocycles. The summed E-state index contributed by atoms with van der Waals surface area (Å²) in [5.41, 5.74) is 0.936. The van der Waals surface area contributed by atoms with Gasteiger partial charge in [-0.2, -0.15) is 8.42 Å². The van der Waals surface area contributed by atoms with Crippen molar-refractivity contribution < 1.29 is 26.0 Å². The van der Waals surface area contributed by atoms with Crippen molar-refractivity contribution in [2.24, 2.45) is 0 Å². The van der Waals surface area contributed by atoms with Crippen molar-refractivity contribution in [3.63, 3.8) is 0 Å². The zero-order valence-corrected chi connectivity index (χ0v) is 12.8. The molecule has 0 spiro atoms. The Bertz CT molecular complexity index is 776. The molecule has 2 N–H and O–H groups in total. The average Bonchev–Trinajstić information content (AvgIpc) is 2.48. The van der Waals surface area contributed by atoms with Gasteiger partial charge in [-0.1, -0.05) is 3.89 Å². The first kappa shape index (κ1) is 16.6. The third-order valence-corrected chi connectivity index (χ3v) is 3.05. The molecule has 0 fully saturated rings. The Morgan fingerprint density at radius 1 is 0.913 bits per heavy atom. The number of benzene rings is 2. The highest BCUT2D eigenvalue weighted by atomic mass is 32.3. The molecule has 9 heteroatoms. The van der Waals surface area contributed by atoms with Crippen molar-refractivity contribution in [2.75, 3.05) is 17.7 Å². The van der Waals surface area contributed by atoms with Crippen molar-refractivity contribution in [3.05, 3.63) is 48.5 Å². The highest BCUT2D eigenvalue weighted by Crippen LogP contribution is 2.19. The van der Waals surface area contributed by atoms with E-state index in [1.54, 1.807) is 24.3 Å². The molecule has 2 aromatic rings. The Labute approximate surface area is 132 Å². The van der Waals surface area contributed by atoms with Crippen molar-refractivity contribution in [2.45, 2.75) is 0 Å². The number of methoxy groups -OCH3 is 1. The summed E-state index contributed by atoms with van der Waals surface area (Å²) < 4.78 is 42.1. The lowest BCUT2D eigenvalue weighted by Crippen LogP contribution is -2.19. The number of halogens is 1. The summed E-state index contributed by atoms with van der Waals surface area (Å²) in [6, 6.07) is 11.4. The summed E-state index contributed by atoms with van der Waals surface area (Å²) in [6.07, 6.45) is 0. The SMILES string of the molecule is COc1ccc(NC(=O)Nc2ccc(OS(=O)(=O)F)cc2)cc1. The van der Waals surface area contributed by atoms with Crippen LogP contribution < -0.4 is 19.6 Å². The first-order valence-corrected chi connectivity index (χ1v) is 7.63. The molecule has 23 heavy (non-hydrogen) atoms. The van der Waals surface area contributed by atoms with Crippen LogP contribution in [-0.4, -0.2) is 21.6 Å². The highest BCUT2D eigenvalue weighted by molar-refractivity contribution is 7.81. The lowest BCUT2D eigenvalue weighted by atomic mass is 10.3. The number of rotatable bonds is 5. The maximum Gasteiger partial charge on any atom is 0.488 e. The van der Waals surface area contributed by atoms with Gasteiger partial charge in [0.05, 0.1) is 7.11 Å². The number of ether oxygens (including phenoxy) is 1. The van der Waals surface area contributed by atoms with E-state index in [9.17, 15) is 17.1 Å².